The Bertz CT molecular complexity index is 581. The van der Waals surface area contributed by atoms with Crippen LogP contribution in [-0.4, -0.2) is 5.78 Å². The fraction of sp³-hybridized carbons (Fsp3) is 0.235. The van der Waals surface area contributed by atoms with E-state index in [-0.39, 0.29) is 18.0 Å². The molecule has 0 aromatic heterocycles. The highest BCUT2D eigenvalue weighted by molar-refractivity contribution is 6.31. The van der Waals surface area contributed by atoms with Gasteiger partial charge in [-0.05, 0) is 42.2 Å². The monoisotopic (exact) mass is 290 g/mol. The Morgan fingerprint density at radius 1 is 1.10 bits per heavy atom. The summed E-state index contributed by atoms with van der Waals surface area (Å²) in [6.07, 6.45) is 2.37. The van der Waals surface area contributed by atoms with Crippen molar-refractivity contribution in [2.45, 2.75) is 25.7 Å². The number of carbonyl (C=O) groups excluding carboxylic acids is 1. The standard InChI is InChI=1S/C17H16ClFO/c18-17-10-9-15(19)11-14(17)12-16(20)8-4-7-13-5-2-1-3-6-13/h1-3,5-6,9-11H,4,7-8,12H2. The normalized spacial score (nSPS) is 10.5. The van der Waals surface area contributed by atoms with Crippen molar-refractivity contribution in [1.82, 2.24) is 0 Å². The molecule has 0 spiro atoms. The molecular weight excluding hydrogens is 275 g/mol. The molecule has 0 bridgehead atoms. The van der Waals surface area contributed by atoms with Crippen LogP contribution in [0.25, 0.3) is 0 Å². The van der Waals surface area contributed by atoms with E-state index in [4.69, 9.17) is 11.6 Å². The van der Waals surface area contributed by atoms with E-state index in [9.17, 15) is 9.18 Å². The topological polar surface area (TPSA) is 17.1 Å². The Hall–Kier alpha value is -1.67. The maximum atomic E-state index is 13.1. The van der Waals surface area contributed by atoms with Gasteiger partial charge in [-0.1, -0.05) is 41.9 Å². The molecule has 0 atom stereocenters. The van der Waals surface area contributed by atoms with Gasteiger partial charge in [-0.15, -0.1) is 0 Å². The van der Waals surface area contributed by atoms with Gasteiger partial charge in [0.25, 0.3) is 0 Å². The highest BCUT2D eigenvalue weighted by Crippen LogP contribution is 2.18. The van der Waals surface area contributed by atoms with Crippen LogP contribution in [0.4, 0.5) is 4.39 Å². The Balaban J connectivity index is 1.82. The van der Waals surface area contributed by atoms with E-state index in [0.717, 1.165) is 12.8 Å². The molecule has 0 amide bonds. The van der Waals surface area contributed by atoms with Crippen molar-refractivity contribution in [3.05, 3.63) is 70.5 Å². The maximum Gasteiger partial charge on any atom is 0.137 e. The number of Topliss-reactive ketones (excluding diaryl/α,β-unsaturated/α-hetero) is 1. The number of benzene rings is 2. The number of rotatable bonds is 6. The van der Waals surface area contributed by atoms with Crippen LogP contribution in [0.15, 0.2) is 48.5 Å². The Labute approximate surface area is 123 Å². The van der Waals surface area contributed by atoms with Gasteiger partial charge in [0.15, 0.2) is 0 Å². The van der Waals surface area contributed by atoms with Gasteiger partial charge in [0.1, 0.15) is 11.6 Å². The number of aryl methyl sites for hydroxylation is 1. The Morgan fingerprint density at radius 3 is 2.60 bits per heavy atom. The van der Waals surface area contributed by atoms with Crippen molar-refractivity contribution in [2.75, 3.05) is 0 Å². The minimum Gasteiger partial charge on any atom is -0.299 e. The van der Waals surface area contributed by atoms with Gasteiger partial charge in [-0.25, -0.2) is 4.39 Å². The van der Waals surface area contributed by atoms with Crippen molar-refractivity contribution >= 4 is 17.4 Å². The van der Waals surface area contributed by atoms with Crippen LogP contribution in [0.5, 0.6) is 0 Å². The molecule has 1 nitrogen and oxygen atoms in total. The molecule has 0 saturated heterocycles. The summed E-state index contributed by atoms with van der Waals surface area (Å²) in [5, 5.41) is 0.447. The first-order chi connectivity index (χ1) is 9.65. The van der Waals surface area contributed by atoms with E-state index < -0.39 is 0 Å². The van der Waals surface area contributed by atoms with Crippen molar-refractivity contribution < 1.29 is 9.18 Å². The minimum absolute atomic E-state index is 0.0911. The molecule has 104 valence electrons. The van der Waals surface area contributed by atoms with E-state index in [1.54, 1.807) is 0 Å². The van der Waals surface area contributed by atoms with Crippen LogP contribution in [0.2, 0.25) is 5.02 Å². The number of ketones is 1. The van der Waals surface area contributed by atoms with Crippen LogP contribution in [-0.2, 0) is 17.6 Å². The van der Waals surface area contributed by atoms with E-state index >= 15 is 0 Å². The zero-order chi connectivity index (χ0) is 14.4. The average Bonchev–Trinajstić information content (AvgIpc) is 2.44. The second-order valence-corrected chi connectivity index (χ2v) is 5.20. The van der Waals surface area contributed by atoms with E-state index in [0.29, 0.717) is 17.0 Å². The zero-order valence-corrected chi connectivity index (χ0v) is 11.9. The lowest BCUT2D eigenvalue weighted by Gasteiger charge is -2.04. The third-order valence-electron chi connectivity index (χ3n) is 3.16. The second-order valence-electron chi connectivity index (χ2n) is 4.79. The molecule has 0 aliphatic rings. The summed E-state index contributed by atoms with van der Waals surface area (Å²) in [5.74, 6) is -0.269. The van der Waals surface area contributed by atoms with Crippen molar-refractivity contribution in [2.24, 2.45) is 0 Å². The molecule has 0 fully saturated rings. The number of hydrogen-bond acceptors (Lipinski definition) is 1. The van der Waals surface area contributed by atoms with Gasteiger partial charge in [0.2, 0.25) is 0 Å². The van der Waals surface area contributed by atoms with Gasteiger partial charge in [-0.2, -0.15) is 0 Å². The summed E-state index contributed by atoms with van der Waals surface area (Å²) in [6, 6.07) is 14.2. The molecule has 0 aliphatic carbocycles. The van der Waals surface area contributed by atoms with Crippen LogP contribution in [0.3, 0.4) is 0 Å². The van der Waals surface area contributed by atoms with Crippen molar-refractivity contribution in [3.63, 3.8) is 0 Å². The molecule has 0 N–H and O–H groups in total. The summed E-state index contributed by atoms with van der Waals surface area (Å²) in [6.45, 7) is 0. The summed E-state index contributed by atoms with van der Waals surface area (Å²) in [7, 11) is 0. The number of hydrogen-bond donors (Lipinski definition) is 0. The summed E-state index contributed by atoms with van der Waals surface area (Å²) >= 11 is 5.95. The van der Waals surface area contributed by atoms with Gasteiger partial charge in [-0.3, -0.25) is 4.79 Å². The van der Waals surface area contributed by atoms with E-state index in [2.05, 4.69) is 0 Å². The molecule has 0 unspecified atom stereocenters. The lowest BCUT2D eigenvalue weighted by Crippen LogP contribution is -2.04. The van der Waals surface area contributed by atoms with Gasteiger partial charge in [0.05, 0.1) is 0 Å². The molecule has 0 saturated carbocycles. The first-order valence-electron chi connectivity index (χ1n) is 6.65. The summed E-state index contributed by atoms with van der Waals surface area (Å²) in [4.78, 5) is 11.9. The van der Waals surface area contributed by atoms with E-state index in [1.165, 1.54) is 23.8 Å². The minimum atomic E-state index is -0.360. The first-order valence-corrected chi connectivity index (χ1v) is 7.02. The molecular formula is C17H16ClFO. The fourth-order valence-electron chi connectivity index (χ4n) is 2.11. The highest BCUT2D eigenvalue weighted by Gasteiger charge is 2.08. The fourth-order valence-corrected chi connectivity index (χ4v) is 2.30. The van der Waals surface area contributed by atoms with Crippen molar-refractivity contribution in [3.8, 4) is 0 Å². The van der Waals surface area contributed by atoms with Gasteiger partial charge in [0, 0.05) is 17.9 Å². The first kappa shape index (κ1) is 14.7. The molecule has 0 heterocycles. The second kappa shape index (κ2) is 7.20. The Morgan fingerprint density at radius 2 is 1.85 bits per heavy atom. The van der Waals surface area contributed by atoms with Gasteiger partial charge >= 0.3 is 0 Å². The smallest absolute Gasteiger partial charge is 0.137 e. The molecule has 2 rings (SSSR count). The van der Waals surface area contributed by atoms with Crippen LogP contribution < -0.4 is 0 Å². The third kappa shape index (κ3) is 4.46. The number of halogens is 2. The van der Waals surface area contributed by atoms with Gasteiger partial charge < -0.3 is 0 Å². The maximum absolute atomic E-state index is 13.1. The lowest BCUT2D eigenvalue weighted by molar-refractivity contribution is -0.118. The summed E-state index contributed by atoms with van der Waals surface area (Å²) in [5.41, 5.74) is 1.79. The molecule has 0 radical (unpaired) electrons. The molecule has 0 aliphatic heterocycles. The average molecular weight is 291 g/mol. The Kier molecular flexibility index (Phi) is 5.31. The van der Waals surface area contributed by atoms with Crippen LogP contribution in [0.1, 0.15) is 24.0 Å². The van der Waals surface area contributed by atoms with E-state index in [1.807, 2.05) is 30.3 Å². The lowest BCUT2D eigenvalue weighted by atomic mass is 10.0. The molecule has 2 aromatic rings. The predicted octanol–water partition coefficient (Wildman–Crippen LogP) is 4.61. The summed E-state index contributed by atoms with van der Waals surface area (Å²) < 4.78 is 13.1. The largest absolute Gasteiger partial charge is 0.299 e. The quantitative estimate of drug-likeness (QED) is 0.759. The number of carbonyl (C=O) groups is 1. The SMILES string of the molecule is O=C(CCCc1ccccc1)Cc1cc(F)ccc1Cl. The molecule has 2 aromatic carbocycles. The molecule has 20 heavy (non-hydrogen) atoms. The molecule has 3 heteroatoms. The highest BCUT2D eigenvalue weighted by atomic mass is 35.5. The van der Waals surface area contributed by atoms with Crippen molar-refractivity contribution in [1.29, 1.82) is 0 Å². The predicted molar refractivity (Wildman–Crippen MR) is 79.5 cm³/mol. The third-order valence-corrected chi connectivity index (χ3v) is 3.53. The zero-order valence-electron chi connectivity index (χ0n) is 11.1. The van der Waals surface area contributed by atoms with Crippen LogP contribution in [0, 0.1) is 5.82 Å². The van der Waals surface area contributed by atoms with Crippen LogP contribution >= 0.6 is 11.6 Å².